The van der Waals surface area contributed by atoms with Crippen LogP contribution in [0.5, 0.6) is 5.75 Å². The molecule has 2 amide bonds. The Kier molecular flexibility index (Phi) is 7.27. The first kappa shape index (κ1) is 22.8. The predicted octanol–water partition coefficient (Wildman–Crippen LogP) is 3.59. The van der Waals surface area contributed by atoms with E-state index in [2.05, 4.69) is 22.5 Å². The van der Waals surface area contributed by atoms with E-state index in [1.165, 1.54) is 0 Å². The van der Waals surface area contributed by atoms with E-state index in [9.17, 15) is 9.59 Å². The van der Waals surface area contributed by atoms with Crippen LogP contribution in [0.3, 0.4) is 0 Å². The predicted molar refractivity (Wildman–Crippen MR) is 128 cm³/mol. The molecule has 2 aromatic rings. The number of piperidine rings is 1. The maximum absolute atomic E-state index is 13.5. The molecule has 1 saturated heterocycles. The minimum Gasteiger partial charge on any atom is -0.497 e. The summed E-state index contributed by atoms with van der Waals surface area (Å²) >= 11 is 0. The van der Waals surface area contributed by atoms with Gasteiger partial charge in [0, 0.05) is 50.9 Å². The van der Waals surface area contributed by atoms with Crippen LogP contribution < -0.4 is 10.1 Å². The first-order valence-electron chi connectivity index (χ1n) is 11.6. The lowest BCUT2D eigenvalue weighted by Crippen LogP contribution is -2.44. The van der Waals surface area contributed by atoms with Gasteiger partial charge in [0.15, 0.2) is 0 Å². The number of nitrogens with zero attached hydrogens (tertiary/aromatic N) is 3. The molecule has 0 spiro atoms. The number of allylic oxidation sites excluding steroid dienone is 1. The van der Waals surface area contributed by atoms with Crippen molar-refractivity contribution >= 4 is 17.6 Å². The SMILES string of the molecule is CNc1cc(C(=O)N2CCC([C@@H]3CC=CCN(Cc4cccc(OC)c4)C3=O)CC2)ccn1. The number of likely N-dealkylation sites (tertiary alicyclic amines) is 1. The standard InChI is InChI=1S/C26H32N4O3/c1-27-24-17-21(9-12-28-24)25(31)29-14-10-20(11-15-29)23-8-3-4-13-30(26(23)32)18-19-6-5-7-22(16-19)33-2/h3-7,9,12,16-17,20,23H,8,10-11,13-15,18H2,1-2H3,(H,27,28)/t23-/m0/s1. The molecule has 3 heterocycles. The van der Waals surface area contributed by atoms with E-state index in [-0.39, 0.29) is 23.7 Å². The molecule has 0 saturated carbocycles. The largest absolute Gasteiger partial charge is 0.497 e. The van der Waals surface area contributed by atoms with Crippen molar-refractivity contribution in [2.24, 2.45) is 11.8 Å². The summed E-state index contributed by atoms with van der Waals surface area (Å²) in [5, 5.41) is 2.98. The highest BCUT2D eigenvalue weighted by molar-refractivity contribution is 5.94. The van der Waals surface area contributed by atoms with Gasteiger partial charge in [-0.15, -0.1) is 0 Å². The van der Waals surface area contributed by atoms with Crippen LogP contribution in [0.15, 0.2) is 54.7 Å². The zero-order valence-corrected chi connectivity index (χ0v) is 19.4. The van der Waals surface area contributed by atoms with Crippen LogP contribution in [0, 0.1) is 11.8 Å². The monoisotopic (exact) mass is 448 g/mol. The first-order chi connectivity index (χ1) is 16.1. The Hall–Kier alpha value is -3.35. The molecule has 4 rings (SSSR count). The number of hydrogen-bond donors (Lipinski definition) is 1. The van der Waals surface area contributed by atoms with Crippen LogP contribution in [0.2, 0.25) is 0 Å². The summed E-state index contributed by atoms with van der Waals surface area (Å²) in [5.41, 5.74) is 1.71. The third kappa shape index (κ3) is 5.35. The van der Waals surface area contributed by atoms with Crippen LogP contribution in [0.4, 0.5) is 5.82 Å². The number of amides is 2. The van der Waals surface area contributed by atoms with Gasteiger partial charge in [0.2, 0.25) is 5.91 Å². The maximum atomic E-state index is 13.5. The Bertz CT molecular complexity index is 1010. The fourth-order valence-corrected chi connectivity index (χ4v) is 4.79. The number of carbonyl (C=O) groups excluding carboxylic acids is 2. The molecule has 2 aliphatic rings. The quantitative estimate of drug-likeness (QED) is 0.684. The molecule has 174 valence electrons. The Morgan fingerprint density at radius 3 is 2.76 bits per heavy atom. The second-order valence-corrected chi connectivity index (χ2v) is 8.69. The number of rotatable bonds is 6. The summed E-state index contributed by atoms with van der Waals surface area (Å²) in [5.74, 6) is 1.96. The van der Waals surface area contributed by atoms with Gasteiger partial charge < -0.3 is 19.9 Å². The molecule has 1 atom stereocenters. The van der Waals surface area contributed by atoms with E-state index in [0.29, 0.717) is 37.6 Å². The molecule has 1 aromatic carbocycles. The highest BCUT2D eigenvalue weighted by Gasteiger charge is 2.35. The zero-order valence-electron chi connectivity index (χ0n) is 19.4. The molecule has 0 bridgehead atoms. The highest BCUT2D eigenvalue weighted by Crippen LogP contribution is 2.32. The van der Waals surface area contributed by atoms with Gasteiger partial charge in [0.05, 0.1) is 7.11 Å². The number of pyridine rings is 1. The van der Waals surface area contributed by atoms with Gasteiger partial charge in [0.25, 0.3) is 5.91 Å². The minimum atomic E-state index is -0.0385. The number of carbonyl (C=O) groups is 2. The second-order valence-electron chi connectivity index (χ2n) is 8.69. The van der Waals surface area contributed by atoms with Crippen molar-refractivity contribution in [3.63, 3.8) is 0 Å². The third-order valence-corrected chi connectivity index (χ3v) is 6.68. The summed E-state index contributed by atoms with van der Waals surface area (Å²) in [6, 6.07) is 11.4. The van der Waals surface area contributed by atoms with Crippen molar-refractivity contribution in [2.45, 2.75) is 25.8 Å². The number of anilines is 1. The van der Waals surface area contributed by atoms with Crippen molar-refractivity contribution in [2.75, 3.05) is 39.1 Å². The lowest BCUT2D eigenvalue weighted by molar-refractivity contribution is -0.137. The van der Waals surface area contributed by atoms with Crippen LogP contribution >= 0.6 is 0 Å². The van der Waals surface area contributed by atoms with Crippen LogP contribution in [0.25, 0.3) is 0 Å². The molecule has 1 N–H and O–H groups in total. The third-order valence-electron chi connectivity index (χ3n) is 6.68. The van der Waals surface area contributed by atoms with Gasteiger partial charge in [-0.05, 0) is 55.0 Å². The Morgan fingerprint density at radius 1 is 1.18 bits per heavy atom. The topological polar surface area (TPSA) is 74.8 Å². The molecule has 7 nitrogen and oxygen atoms in total. The van der Waals surface area contributed by atoms with Gasteiger partial charge >= 0.3 is 0 Å². The fourth-order valence-electron chi connectivity index (χ4n) is 4.79. The molecule has 0 unspecified atom stereocenters. The van der Waals surface area contributed by atoms with E-state index >= 15 is 0 Å². The molecule has 33 heavy (non-hydrogen) atoms. The molecule has 1 fully saturated rings. The molecule has 7 heteroatoms. The molecule has 0 radical (unpaired) electrons. The van der Waals surface area contributed by atoms with Gasteiger partial charge in [-0.1, -0.05) is 24.3 Å². The average Bonchev–Trinajstić information content (AvgIpc) is 3.05. The van der Waals surface area contributed by atoms with E-state index in [1.54, 1.807) is 32.5 Å². The number of benzene rings is 1. The van der Waals surface area contributed by atoms with Crippen molar-refractivity contribution in [1.29, 1.82) is 0 Å². The second kappa shape index (κ2) is 10.5. The molecular formula is C26H32N4O3. The number of aromatic nitrogens is 1. The number of hydrogen-bond acceptors (Lipinski definition) is 5. The lowest BCUT2D eigenvalue weighted by atomic mass is 9.81. The summed E-state index contributed by atoms with van der Waals surface area (Å²) in [4.78, 5) is 34.4. The van der Waals surface area contributed by atoms with Crippen LogP contribution in [-0.4, -0.2) is 60.4 Å². The summed E-state index contributed by atoms with van der Waals surface area (Å²) in [6.45, 7) is 2.54. The average molecular weight is 449 g/mol. The van der Waals surface area contributed by atoms with Crippen molar-refractivity contribution < 1.29 is 14.3 Å². The zero-order chi connectivity index (χ0) is 23.2. The molecule has 1 aromatic heterocycles. The molecule has 2 aliphatic heterocycles. The summed E-state index contributed by atoms with van der Waals surface area (Å²) in [7, 11) is 3.44. The number of ether oxygens (including phenoxy) is 1. The van der Waals surface area contributed by atoms with E-state index in [1.807, 2.05) is 34.1 Å². The fraction of sp³-hybridized carbons (Fsp3) is 0.423. The van der Waals surface area contributed by atoms with Crippen LogP contribution in [-0.2, 0) is 11.3 Å². The number of methoxy groups -OCH3 is 1. The van der Waals surface area contributed by atoms with Crippen molar-refractivity contribution in [3.8, 4) is 5.75 Å². The smallest absolute Gasteiger partial charge is 0.254 e. The highest BCUT2D eigenvalue weighted by atomic mass is 16.5. The number of nitrogens with one attached hydrogen (secondary N) is 1. The van der Waals surface area contributed by atoms with E-state index in [0.717, 1.165) is 30.6 Å². The van der Waals surface area contributed by atoms with E-state index < -0.39 is 0 Å². The summed E-state index contributed by atoms with van der Waals surface area (Å²) < 4.78 is 5.33. The molecular weight excluding hydrogens is 416 g/mol. The van der Waals surface area contributed by atoms with Crippen molar-refractivity contribution in [3.05, 3.63) is 65.9 Å². The van der Waals surface area contributed by atoms with Crippen LogP contribution in [0.1, 0.15) is 35.2 Å². The summed E-state index contributed by atoms with van der Waals surface area (Å²) in [6.07, 6.45) is 8.34. The Morgan fingerprint density at radius 2 is 2.00 bits per heavy atom. The van der Waals surface area contributed by atoms with Gasteiger partial charge in [0.1, 0.15) is 11.6 Å². The minimum absolute atomic E-state index is 0.0269. The first-order valence-corrected chi connectivity index (χ1v) is 11.6. The Labute approximate surface area is 195 Å². The molecule has 0 aliphatic carbocycles. The lowest BCUT2D eigenvalue weighted by Gasteiger charge is -2.36. The van der Waals surface area contributed by atoms with Gasteiger partial charge in [-0.3, -0.25) is 9.59 Å². The van der Waals surface area contributed by atoms with Gasteiger partial charge in [-0.2, -0.15) is 0 Å². The Balaban J connectivity index is 1.39. The maximum Gasteiger partial charge on any atom is 0.254 e. The van der Waals surface area contributed by atoms with Gasteiger partial charge in [-0.25, -0.2) is 4.98 Å². The van der Waals surface area contributed by atoms with Crippen molar-refractivity contribution in [1.82, 2.24) is 14.8 Å². The van der Waals surface area contributed by atoms with E-state index in [4.69, 9.17) is 4.74 Å². The normalized spacial score (nSPS) is 19.3.